The van der Waals surface area contributed by atoms with Gasteiger partial charge in [0.15, 0.2) is 6.61 Å². The summed E-state index contributed by atoms with van der Waals surface area (Å²) in [5, 5.41) is 5.87. The van der Waals surface area contributed by atoms with E-state index < -0.39 is 0 Å². The number of benzene rings is 1. The van der Waals surface area contributed by atoms with Crippen molar-refractivity contribution < 1.29 is 9.26 Å². The Kier molecular flexibility index (Phi) is 3.39. The summed E-state index contributed by atoms with van der Waals surface area (Å²) in [6.07, 6.45) is 0. The first-order valence-corrected chi connectivity index (χ1v) is 6.96. The fourth-order valence-corrected chi connectivity index (χ4v) is 2.43. The molecular formula is C14H13N3O2S. The van der Waals surface area contributed by atoms with E-state index in [1.165, 1.54) is 0 Å². The largest absolute Gasteiger partial charge is 0.485 e. The highest BCUT2D eigenvalue weighted by Gasteiger charge is 2.10. The lowest BCUT2D eigenvalue weighted by Gasteiger charge is -2.07. The molecule has 5 nitrogen and oxygen atoms in total. The van der Waals surface area contributed by atoms with E-state index in [1.807, 2.05) is 36.6 Å². The van der Waals surface area contributed by atoms with Crippen molar-refractivity contribution in [2.45, 2.75) is 13.5 Å². The average molecular weight is 287 g/mol. The van der Waals surface area contributed by atoms with E-state index in [0.717, 1.165) is 21.9 Å². The van der Waals surface area contributed by atoms with Crippen LogP contribution in [-0.4, -0.2) is 10.1 Å². The normalized spacial score (nSPS) is 10.7. The predicted octanol–water partition coefficient (Wildman–Crippen LogP) is 3.27. The maximum absolute atomic E-state index is 5.70. The number of aromatic nitrogens is 2. The summed E-state index contributed by atoms with van der Waals surface area (Å²) >= 11 is 1.56. The summed E-state index contributed by atoms with van der Waals surface area (Å²) in [7, 11) is 0. The summed E-state index contributed by atoms with van der Waals surface area (Å²) in [5.74, 6) is 1.80. The molecule has 0 unspecified atom stereocenters. The summed E-state index contributed by atoms with van der Waals surface area (Å²) in [6, 6.07) is 9.38. The molecule has 3 aromatic rings. The SMILES string of the molecule is Cc1cc(N)ccc1OCc1noc(-c2cccs2)n1. The van der Waals surface area contributed by atoms with Gasteiger partial charge in [0.1, 0.15) is 5.75 Å². The van der Waals surface area contributed by atoms with Crippen LogP contribution in [0.1, 0.15) is 11.4 Å². The van der Waals surface area contributed by atoms with Crippen LogP contribution in [0.2, 0.25) is 0 Å². The first-order valence-electron chi connectivity index (χ1n) is 6.08. The lowest BCUT2D eigenvalue weighted by molar-refractivity contribution is 0.285. The summed E-state index contributed by atoms with van der Waals surface area (Å²) in [6.45, 7) is 2.21. The van der Waals surface area contributed by atoms with Crippen molar-refractivity contribution in [2.75, 3.05) is 5.73 Å². The Morgan fingerprint density at radius 2 is 2.25 bits per heavy atom. The van der Waals surface area contributed by atoms with E-state index in [-0.39, 0.29) is 6.61 Å². The molecule has 102 valence electrons. The molecule has 0 bridgehead atoms. The molecule has 0 amide bonds. The van der Waals surface area contributed by atoms with Gasteiger partial charge >= 0.3 is 0 Å². The van der Waals surface area contributed by atoms with Gasteiger partial charge in [-0.25, -0.2) is 0 Å². The average Bonchev–Trinajstić information content (AvgIpc) is 3.08. The maximum atomic E-state index is 5.70. The van der Waals surface area contributed by atoms with Gasteiger partial charge in [-0.2, -0.15) is 4.98 Å². The predicted molar refractivity (Wildman–Crippen MR) is 77.5 cm³/mol. The number of nitrogens with zero attached hydrogens (tertiary/aromatic N) is 2. The molecule has 0 saturated heterocycles. The Morgan fingerprint density at radius 3 is 3.00 bits per heavy atom. The van der Waals surface area contributed by atoms with Gasteiger partial charge in [-0.1, -0.05) is 11.2 Å². The van der Waals surface area contributed by atoms with Gasteiger partial charge in [-0.15, -0.1) is 11.3 Å². The third-order valence-electron chi connectivity index (χ3n) is 2.76. The van der Waals surface area contributed by atoms with Gasteiger partial charge in [0.2, 0.25) is 5.82 Å². The molecule has 0 spiro atoms. The highest BCUT2D eigenvalue weighted by atomic mass is 32.1. The second kappa shape index (κ2) is 5.34. The van der Waals surface area contributed by atoms with Gasteiger partial charge in [-0.3, -0.25) is 0 Å². The van der Waals surface area contributed by atoms with Crippen molar-refractivity contribution in [1.29, 1.82) is 0 Å². The second-order valence-corrected chi connectivity index (χ2v) is 5.25. The minimum atomic E-state index is 0.264. The van der Waals surface area contributed by atoms with Crippen LogP contribution < -0.4 is 10.5 Å². The number of ether oxygens (including phenoxy) is 1. The molecule has 2 heterocycles. The van der Waals surface area contributed by atoms with Crippen molar-refractivity contribution >= 4 is 17.0 Å². The fourth-order valence-electron chi connectivity index (χ4n) is 1.79. The van der Waals surface area contributed by atoms with Crippen LogP contribution in [0.4, 0.5) is 5.69 Å². The molecule has 0 aliphatic carbocycles. The molecule has 2 aromatic heterocycles. The Labute approximate surface area is 120 Å². The van der Waals surface area contributed by atoms with Crippen molar-refractivity contribution in [3.05, 3.63) is 47.1 Å². The first-order chi connectivity index (χ1) is 9.72. The van der Waals surface area contributed by atoms with Crippen LogP contribution in [-0.2, 0) is 6.61 Å². The lowest BCUT2D eigenvalue weighted by atomic mass is 10.2. The van der Waals surface area contributed by atoms with Crippen LogP contribution in [0.25, 0.3) is 10.8 Å². The third-order valence-corrected chi connectivity index (χ3v) is 3.61. The molecule has 0 aliphatic heterocycles. The van der Waals surface area contributed by atoms with Crippen molar-refractivity contribution in [1.82, 2.24) is 10.1 Å². The molecule has 1 aromatic carbocycles. The maximum Gasteiger partial charge on any atom is 0.268 e. The highest BCUT2D eigenvalue weighted by Crippen LogP contribution is 2.24. The number of hydrogen-bond donors (Lipinski definition) is 1. The minimum Gasteiger partial charge on any atom is -0.485 e. The molecular weight excluding hydrogens is 274 g/mol. The van der Waals surface area contributed by atoms with E-state index >= 15 is 0 Å². The fraction of sp³-hybridized carbons (Fsp3) is 0.143. The quantitative estimate of drug-likeness (QED) is 0.745. The first kappa shape index (κ1) is 12.7. The summed E-state index contributed by atoms with van der Waals surface area (Å²) in [4.78, 5) is 5.25. The summed E-state index contributed by atoms with van der Waals surface area (Å²) in [5.41, 5.74) is 7.39. The number of aryl methyl sites for hydroxylation is 1. The third kappa shape index (κ3) is 2.65. The van der Waals surface area contributed by atoms with Gasteiger partial charge in [-0.05, 0) is 42.1 Å². The van der Waals surface area contributed by atoms with Gasteiger partial charge in [0, 0.05) is 5.69 Å². The minimum absolute atomic E-state index is 0.264. The van der Waals surface area contributed by atoms with E-state index in [0.29, 0.717) is 11.7 Å². The highest BCUT2D eigenvalue weighted by molar-refractivity contribution is 7.13. The smallest absolute Gasteiger partial charge is 0.268 e. The number of anilines is 1. The Morgan fingerprint density at radius 1 is 1.35 bits per heavy atom. The number of hydrogen-bond acceptors (Lipinski definition) is 6. The zero-order valence-electron chi connectivity index (χ0n) is 10.9. The molecule has 0 fully saturated rings. The monoisotopic (exact) mass is 287 g/mol. The molecule has 0 saturated carbocycles. The van der Waals surface area contributed by atoms with Crippen LogP contribution in [0.3, 0.4) is 0 Å². The van der Waals surface area contributed by atoms with Crippen LogP contribution in [0, 0.1) is 6.92 Å². The molecule has 6 heteroatoms. The van der Waals surface area contributed by atoms with Crippen molar-refractivity contribution in [3.63, 3.8) is 0 Å². The molecule has 0 atom stereocenters. The zero-order chi connectivity index (χ0) is 13.9. The summed E-state index contributed by atoms with van der Waals surface area (Å²) < 4.78 is 10.9. The molecule has 2 N–H and O–H groups in total. The Hall–Kier alpha value is -2.34. The van der Waals surface area contributed by atoms with Crippen molar-refractivity contribution in [3.8, 4) is 16.5 Å². The zero-order valence-corrected chi connectivity index (χ0v) is 11.7. The second-order valence-electron chi connectivity index (χ2n) is 4.31. The molecule has 20 heavy (non-hydrogen) atoms. The van der Waals surface area contributed by atoms with Crippen molar-refractivity contribution in [2.24, 2.45) is 0 Å². The number of nitrogen functional groups attached to an aromatic ring is 1. The van der Waals surface area contributed by atoms with E-state index in [9.17, 15) is 0 Å². The topological polar surface area (TPSA) is 74.2 Å². The van der Waals surface area contributed by atoms with Crippen LogP contribution in [0.15, 0.2) is 40.2 Å². The Balaban J connectivity index is 1.70. The van der Waals surface area contributed by atoms with Gasteiger partial charge < -0.3 is 15.0 Å². The van der Waals surface area contributed by atoms with Crippen LogP contribution >= 0.6 is 11.3 Å². The van der Waals surface area contributed by atoms with E-state index in [2.05, 4.69) is 10.1 Å². The van der Waals surface area contributed by atoms with E-state index in [4.69, 9.17) is 15.0 Å². The van der Waals surface area contributed by atoms with Gasteiger partial charge in [0.05, 0.1) is 4.88 Å². The Bertz CT molecular complexity index is 707. The van der Waals surface area contributed by atoms with Crippen LogP contribution in [0.5, 0.6) is 5.75 Å². The number of nitrogens with two attached hydrogens (primary N) is 1. The van der Waals surface area contributed by atoms with E-state index in [1.54, 1.807) is 17.4 Å². The molecule has 0 radical (unpaired) electrons. The van der Waals surface area contributed by atoms with Gasteiger partial charge in [0.25, 0.3) is 5.89 Å². The lowest BCUT2D eigenvalue weighted by Crippen LogP contribution is -1.99. The standard InChI is InChI=1S/C14H13N3O2S/c1-9-7-10(15)4-5-11(9)18-8-13-16-14(19-17-13)12-3-2-6-20-12/h2-7H,8,15H2,1H3. The number of rotatable bonds is 4. The number of thiophene rings is 1. The molecule has 0 aliphatic rings. The molecule has 3 rings (SSSR count).